The van der Waals surface area contributed by atoms with E-state index in [2.05, 4.69) is 21.2 Å². The SMILES string of the molecule is Cc1ccc(Cn2c(Cl)nnc2C2CC2)cn1. The second-order valence-electron chi connectivity index (χ2n) is 4.50. The van der Waals surface area contributed by atoms with Gasteiger partial charge in [0.2, 0.25) is 5.28 Å². The Morgan fingerprint density at radius 1 is 1.35 bits per heavy atom. The maximum Gasteiger partial charge on any atom is 0.225 e. The second kappa shape index (κ2) is 4.11. The minimum Gasteiger partial charge on any atom is -0.297 e. The van der Waals surface area contributed by atoms with Gasteiger partial charge in [-0.15, -0.1) is 10.2 Å². The van der Waals surface area contributed by atoms with Gasteiger partial charge >= 0.3 is 0 Å². The lowest BCUT2D eigenvalue weighted by atomic mass is 10.2. The van der Waals surface area contributed by atoms with Gasteiger partial charge in [-0.3, -0.25) is 9.55 Å². The first-order chi connectivity index (χ1) is 8.24. The fraction of sp³-hybridized carbons (Fsp3) is 0.417. The molecule has 0 bridgehead atoms. The van der Waals surface area contributed by atoms with Crippen LogP contribution in [0, 0.1) is 6.92 Å². The molecule has 0 radical (unpaired) electrons. The number of halogens is 1. The second-order valence-corrected chi connectivity index (χ2v) is 4.83. The van der Waals surface area contributed by atoms with Crippen molar-refractivity contribution in [2.45, 2.75) is 32.2 Å². The highest BCUT2D eigenvalue weighted by Gasteiger charge is 2.30. The molecule has 5 heteroatoms. The van der Waals surface area contributed by atoms with Crippen molar-refractivity contribution in [1.29, 1.82) is 0 Å². The lowest BCUT2D eigenvalue weighted by Gasteiger charge is -2.07. The van der Waals surface area contributed by atoms with Gasteiger partial charge in [-0.2, -0.15) is 0 Å². The van der Waals surface area contributed by atoms with Crippen molar-refractivity contribution in [1.82, 2.24) is 19.7 Å². The van der Waals surface area contributed by atoms with Crippen molar-refractivity contribution >= 4 is 11.6 Å². The number of aromatic nitrogens is 4. The molecule has 0 aliphatic heterocycles. The molecule has 17 heavy (non-hydrogen) atoms. The Kier molecular flexibility index (Phi) is 2.59. The summed E-state index contributed by atoms with van der Waals surface area (Å²) < 4.78 is 1.98. The Morgan fingerprint density at radius 2 is 2.18 bits per heavy atom. The Hall–Kier alpha value is -1.42. The summed E-state index contributed by atoms with van der Waals surface area (Å²) in [5.74, 6) is 1.56. The van der Waals surface area contributed by atoms with E-state index in [4.69, 9.17) is 11.6 Å². The van der Waals surface area contributed by atoms with E-state index in [0.717, 1.165) is 17.1 Å². The average Bonchev–Trinajstić information content (AvgIpc) is 3.10. The van der Waals surface area contributed by atoms with Crippen LogP contribution in [0.2, 0.25) is 5.28 Å². The van der Waals surface area contributed by atoms with Gasteiger partial charge < -0.3 is 0 Å². The Morgan fingerprint density at radius 3 is 2.82 bits per heavy atom. The lowest BCUT2D eigenvalue weighted by Crippen LogP contribution is -2.05. The van der Waals surface area contributed by atoms with Crippen LogP contribution < -0.4 is 0 Å². The Balaban J connectivity index is 1.89. The smallest absolute Gasteiger partial charge is 0.225 e. The van der Waals surface area contributed by atoms with Crippen LogP contribution in [0.5, 0.6) is 0 Å². The molecule has 0 unspecified atom stereocenters. The third kappa shape index (κ3) is 2.17. The van der Waals surface area contributed by atoms with Crippen LogP contribution in [-0.4, -0.2) is 19.7 Å². The predicted octanol–water partition coefficient (Wildman–Crippen LogP) is 2.56. The molecule has 2 aromatic rings. The van der Waals surface area contributed by atoms with Gasteiger partial charge in [0.25, 0.3) is 0 Å². The molecule has 1 fully saturated rings. The van der Waals surface area contributed by atoms with Crippen LogP contribution in [0.3, 0.4) is 0 Å². The van der Waals surface area contributed by atoms with Crippen LogP contribution in [0.1, 0.15) is 35.8 Å². The molecule has 1 aliphatic carbocycles. The normalized spacial score (nSPS) is 15.2. The minimum absolute atomic E-state index is 0.465. The van der Waals surface area contributed by atoms with Gasteiger partial charge in [0, 0.05) is 17.8 Å². The summed E-state index contributed by atoms with van der Waals surface area (Å²) in [6.07, 6.45) is 4.27. The summed E-state index contributed by atoms with van der Waals surface area (Å²) in [4.78, 5) is 4.28. The van der Waals surface area contributed by atoms with E-state index in [-0.39, 0.29) is 0 Å². The van der Waals surface area contributed by atoms with Gasteiger partial charge in [-0.25, -0.2) is 0 Å². The van der Waals surface area contributed by atoms with Crippen LogP contribution in [0.25, 0.3) is 0 Å². The Labute approximate surface area is 105 Å². The monoisotopic (exact) mass is 248 g/mol. The maximum absolute atomic E-state index is 6.07. The van der Waals surface area contributed by atoms with Crippen LogP contribution in [0.4, 0.5) is 0 Å². The maximum atomic E-state index is 6.07. The van der Waals surface area contributed by atoms with E-state index in [0.29, 0.717) is 17.7 Å². The standard InChI is InChI=1S/C12H13ClN4/c1-8-2-3-9(6-14-8)7-17-11(10-4-5-10)15-16-12(17)13/h2-3,6,10H,4-5,7H2,1H3. The number of hydrogen-bond acceptors (Lipinski definition) is 3. The van der Waals surface area contributed by atoms with Crippen LogP contribution >= 0.6 is 11.6 Å². The number of pyridine rings is 1. The van der Waals surface area contributed by atoms with Crippen molar-refractivity contribution in [2.24, 2.45) is 0 Å². The molecule has 1 saturated carbocycles. The first kappa shape index (κ1) is 10.7. The highest BCUT2D eigenvalue weighted by Crippen LogP contribution is 2.39. The first-order valence-electron chi connectivity index (χ1n) is 5.74. The zero-order chi connectivity index (χ0) is 11.8. The van der Waals surface area contributed by atoms with Crippen molar-refractivity contribution in [3.05, 3.63) is 40.7 Å². The molecular formula is C12H13ClN4. The quantitative estimate of drug-likeness (QED) is 0.839. The summed E-state index contributed by atoms with van der Waals surface area (Å²) in [6, 6.07) is 4.07. The summed E-state index contributed by atoms with van der Waals surface area (Å²) >= 11 is 6.07. The third-order valence-electron chi connectivity index (χ3n) is 2.99. The first-order valence-corrected chi connectivity index (χ1v) is 6.12. The fourth-order valence-electron chi connectivity index (χ4n) is 1.86. The minimum atomic E-state index is 0.465. The van der Waals surface area contributed by atoms with E-state index in [1.807, 2.05) is 23.8 Å². The zero-order valence-electron chi connectivity index (χ0n) is 9.60. The van der Waals surface area contributed by atoms with Gasteiger partial charge in [0.15, 0.2) is 0 Å². The van der Waals surface area contributed by atoms with Crippen molar-refractivity contribution < 1.29 is 0 Å². The molecule has 0 amide bonds. The number of aryl methyl sites for hydroxylation is 1. The number of rotatable bonds is 3. The molecule has 3 rings (SSSR count). The fourth-order valence-corrected chi connectivity index (χ4v) is 2.04. The molecule has 88 valence electrons. The van der Waals surface area contributed by atoms with Crippen molar-refractivity contribution in [3.8, 4) is 0 Å². The lowest BCUT2D eigenvalue weighted by molar-refractivity contribution is 0.724. The van der Waals surface area contributed by atoms with E-state index < -0.39 is 0 Å². The van der Waals surface area contributed by atoms with Crippen molar-refractivity contribution in [2.75, 3.05) is 0 Å². The topological polar surface area (TPSA) is 43.6 Å². The molecule has 1 aliphatic rings. The molecule has 0 saturated heterocycles. The molecule has 0 spiro atoms. The van der Waals surface area contributed by atoms with E-state index >= 15 is 0 Å². The van der Waals surface area contributed by atoms with Gasteiger partial charge in [0.05, 0.1) is 6.54 Å². The summed E-state index contributed by atoms with van der Waals surface area (Å²) in [6.45, 7) is 2.68. The van der Waals surface area contributed by atoms with E-state index in [9.17, 15) is 0 Å². The highest BCUT2D eigenvalue weighted by atomic mass is 35.5. The molecule has 0 N–H and O–H groups in total. The van der Waals surface area contributed by atoms with Gasteiger partial charge in [0.1, 0.15) is 5.82 Å². The van der Waals surface area contributed by atoms with Gasteiger partial charge in [-0.05, 0) is 43.0 Å². The number of hydrogen-bond donors (Lipinski definition) is 0. The third-order valence-corrected chi connectivity index (χ3v) is 3.27. The van der Waals surface area contributed by atoms with E-state index in [1.54, 1.807) is 0 Å². The zero-order valence-corrected chi connectivity index (χ0v) is 10.4. The highest BCUT2D eigenvalue weighted by molar-refractivity contribution is 6.28. The van der Waals surface area contributed by atoms with Gasteiger partial charge in [-0.1, -0.05) is 6.07 Å². The molecule has 2 aromatic heterocycles. The summed E-state index contributed by atoms with van der Waals surface area (Å²) in [5.41, 5.74) is 2.14. The molecule has 0 atom stereocenters. The summed E-state index contributed by atoms with van der Waals surface area (Å²) in [5, 5.41) is 8.57. The van der Waals surface area contributed by atoms with Crippen LogP contribution in [-0.2, 0) is 6.54 Å². The molecular weight excluding hydrogens is 236 g/mol. The molecule has 2 heterocycles. The van der Waals surface area contributed by atoms with Crippen LogP contribution in [0.15, 0.2) is 18.3 Å². The Bertz CT molecular complexity index is 528. The molecule has 4 nitrogen and oxygen atoms in total. The van der Waals surface area contributed by atoms with Crippen molar-refractivity contribution in [3.63, 3.8) is 0 Å². The predicted molar refractivity (Wildman–Crippen MR) is 65.1 cm³/mol. The summed E-state index contributed by atoms with van der Waals surface area (Å²) in [7, 11) is 0. The molecule has 0 aromatic carbocycles. The average molecular weight is 249 g/mol. The van der Waals surface area contributed by atoms with E-state index in [1.165, 1.54) is 12.8 Å². The largest absolute Gasteiger partial charge is 0.297 e. The number of nitrogens with zero attached hydrogens (tertiary/aromatic N) is 4.